The molecule has 7 nitrogen and oxygen atoms in total. The molecule has 0 bridgehead atoms. The largest absolute Gasteiger partial charge is 0.379 e. The molecule has 1 saturated heterocycles. The molecule has 1 aliphatic heterocycles. The van der Waals surface area contributed by atoms with Crippen molar-refractivity contribution in [2.45, 2.75) is 6.42 Å². The van der Waals surface area contributed by atoms with Crippen LogP contribution in [0.3, 0.4) is 0 Å². The minimum absolute atomic E-state index is 0.153. The number of pyridine rings is 1. The number of carbonyl (C=O) groups is 1. The van der Waals surface area contributed by atoms with E-state index >= 15 is 0 Å². The van der Waals surface area contributed by atoms with Crippen LogP contribution in [0, 0.1) is 5.82 Å². The molecule has 3 heterocycles. The molecule has 2 aromatic heterocycles. The Bertz CT molecular complexity index is 1390. The molecule has 0 spiro atoms. The number of rotatable bonds is 7. The van der Waals surface area contributed by atoms with Crippen LogP contribution in [0.25, 0.3) is 33.3 Å². The molecule has 1 amide bonds. The van der Waals surface area contributed by atoms with Crippen molar-refractivity contribution < 1.29 is 13.9 Å². The minimum atomic E-state index is -0.343. The lowest BCUT2D eigenvalue weighted by molar-refractivity contribution is 0.0374. The number of amides is 1. The van der Waals surface area contributed by atoms with Crippen LogP contribution < -0.4 is 10.9 Å². The average molecular weight is 475 g/mol. The number of halogens is 1. The Morgan fingerprint density at radius 1 is 1.09 bits per heavy atom. The SMILES string of the molecule is O=C(NCCCN1CCOCC1)c1ccc2[nH]c(-c3ccc[nH]c3=O)c(-c3ccc(F)cc3)c2c1. The van der Waals surface area contributed by atoms with E-state index in [-0.39, 0.29) is 17.3 Å². The molecule has 0 radical (unpaired) electrons. The van der Waals surface area contributed by atoms with Gasteiger partial charge in [0.15, 0.2) is 0 Å². The molecular formula is C27H27FN4O3. The van der Waals surface area contributed by atoms with E-state index in [2.05, 4.69) is 20.2 Å². The summed E-state index contributed by atoms with van der Waals surface area (Å²) >= 11 is 0. The highest BCUT2D eigenvalue weighted by molar-refractivity contribution is 6.07. The van der Waals surface area contributed by atoms with Gasteiger partial charge < -0.3 is 20.0 Å². The zero-order chi connectivity index (χ0) is 24.2. The van der Waals surface area contributed by atoms with Crippen molar-refractivity contribution in [3.63, 3.8) is 0 Å². The molecule has 1 aliphatic rings. The van der Waals surface area contributed by atoms with Gasteiger partial charge in [0.05, 0.1) is 24.5 Å². The Morgan fingerprint density at radius 2 is 1.89 bits per heavy atom. The summed E-state index contributed by atoms with van der Waals surface area (Å²) in [6, 6.07) is 15.0. The fourth-order valence-electron chi connectivity index (χ4n) is 4.50. The predicted molar refractivity (Wildman–Crippen MR) is 134 cm³/mol. The molecule has 35 heavy (non-hydrogen) atoms. The summed E-state index contributed by atoms with van der Waals surface area (Å²) in [5.41, 5.74) is 3.66. The average Bonchev–Trinajstić information content (AvgIpc) is 3.26. The minimum Gasteiger partial charge on any atom is -0.379 e. The Kier molecular flexibility index (Phi) is 6.74. The number of hydrogen-bond donors (Lipinski definition) is 3. The van der Waals surface area contributed by atoms with E-state index < -0.39 is 0 Å². The van der Waals surface area contributed by atoms with Crippen LogP contribution >= 0.6 is 0 Å². The zero-order valence-corrected chi connectivity index (χ0v) is 19.3. The van der Waals surface area contributed by atoms with Gasteiger partial charge in [-0.3, -0.25) is 14.5 Å². The summed E-state index contributed by atoms with van der Waals surface area (Å²) in [5.74, 6) is -0.496. The number of aromatic nitrogens is 2. The van der Waals surface area contributed by atoms with Crippen molar-refractivity contribution >= 4 is 16.8 Å². The van der Waals surface area contributed by atoms with E-state index in [4.69, 9.17) is 4.74 Å². The number of aromatic amines is 2. The Hall–Kier alpha value is -3.75. The molecule has 180 valence electrons. The van der Waals surface area contributed by atoms with Gasteiger partial charge in [0.25, 0.3) is 11.5 Å². The normalized spacial score (nSPS) is 14.3. The van der Waals surface area contributed by atoms with Gasteiger partial charge in [-0.05, 0) is 61.0 Å². The fourth-order valence-corrected chi connectivity index (χ4v) is 4.50. The van der Waals surface area contributed by atoms with E-state index in [0.29, 0.717) is 23.4 Å². The summed E-state index contributed by atoms with van der Waals surface area (Å²) in [5, 5.41) is 3.79. The number of carbonyl (C=O) groups excluding carboxylic acids is 1. The fraction of sp³-hybridized carbons (Fsp3) is 0.259. The first-order valence-corrected chi connectivity index (χ1v) is 11.8. The Balaban J connectivity index is 1.44. The number of morpholine rings is 1. The van der Waals surface area contributed by atoms with Gasteiger partial charge in [-0.25, -0.2) is 4.39 Å². The summed E-state index contributed by atoms with van der Waals surface area (Å²) < 4.78 is 19.0. The molecule has 0 saturated carbocycles. The van der Waals surface area contributed by atoms with Crippen LogP contribution in [0.2, 0.25) is 0 Å². The maximum atomic E-state index is 13.6. The summed E-state index contributed by atoms with van der Waals surface area (Å²) in [6.07, 6.45) is 2.44. The first-order chi connectivity index (χ1) is 17.1. The summed E-state index contributed by atoms with van der Waals surface area (Å²) in [6.45, 7) is 4.88. The van der Waals surface area contributed by atoms with Crippen LogP contribution in [-0.4, -0.2) is 60.2 Å². The molecule has 5 rings (SSSR count). The van der Waals surface area contributed by atoms with Gasteiger partial charge in [0, 0.05) is 47.9 Å². The van der Waals surface area contributed by atoms with E-state index in [0.717, 1.165) is 61.3 Å². The highest BCUT2D eigenvalue weighted by atomic mass is 19.1. The van der Waals surface area contributed by atoms with Crippen LogP contribution in [-0.2, 0) is 4.74 Å². The maximum absolute atomic E-state index is 13.6. The number of nitrogens with one attached hydrogen (secondary N) is 3. The molecule has 4 aromatic rings. The lowest BCUT2D eigenvalue weighted by atomic mass is 9.98. The smallest absolute Gasteiger partial charge is 0.257 e. The highest BCUT2D eigenvalue weighted by Gasteiger charge is 2.19. The number of ether oxygens (including phenoxy) is 1. The highest BCUT2D eigenvalue weighted by Crippen LogP contribution is 2.37. The molecule has 8 heteroatoms. The number of H-pyrrole nitrogens is 2. The van der Waals surface area contributed by atoms with Gasteiger partial charge in [-0.15, -0.1) is 0 Å². The monoisotopic (exact) mass is 474 g/mol. The van der Waals surface area contributed by atoms with Crippen molar-refractivity contribution in [2.75, 3.05) is 39.4 Å². The third-order valence-corrected chi connectivity index (χ3v) is 6.32. The van der Waals surface area contributed by atoms with Crippen LogP contribution in [0.4, 0.5) is 4.39 Å². The van der Waals surface area contributed by atoms with E-state index in [9.17, 15) is 14.0 Å². The molecule has 2 aromatic carbocycles. The molecular weight excluding hydrogens is 447 g/mol. The first-order valence-electron chi connectivity index (χ1n) is 11.8. The van der Waals surface area contributed by atoms with Crippen LogP contribution in [0.15, 0.2) is 65.6 Å². The summed E-state index contributed by atoms with van der Waals surface area (Å²) in [4.78, 5) is 33.8. The number of fused-ring (bicyclic) bond motifs is 1. The Labute approximate surface area is 201 Å². The van der Waals surface area contributed by atoms with E-state index in [1.54, 1.807) is 36.5 Å². The molecule has 0 unspecified atom stereocenters. The Morgan fingerprint density at radius 3 is 2.66 bits per heavy atom. The third-order valence-electron chi connectivity index (χ3n) is 6.32. The first kappa shape index (κ1) is 23.0. The maximum Gasteiger partial charge on any atom is 0.257 e. The molecule has 0 atom stereocenters. The third kappa shape index (κ3) is 5.03. The number of hydrogen-bond acceptors (Lipinski definition) is 4. The summed E-state index contributed by atoms with van der Waals surface area (Å²) in [7, 11) is 0. The van der Waals surface area contributed by atoms with Crippen LogP contribution in [0.5, 0.6) is 0 Å². The quantitative estimate of drug-likeness (QED) is 0.356. The standard InChI is InChI=1S/C27H27FN4O3/c28-20-7-4-18(5-8-20)24-22-17-19(26(33)29-11-2-12-32-13-15-35-16-14-32)6-9-23(22)31-25(24)21-3-1-10-30-27(21)34/h1,3-10,17,31H,2,11-16H2,(H,29,33)(H,30,34). The number of nitrogens with zero attached hydrogens (tertiary/aromatic N) is 1. The van der Waals surface area contributed by atoms with Gasteiger partial charge in [0.2, 0.25) is 0 Å². The van der Waals surface area contributed by atoms with Crippen LogP contribution in [0.1, 0.15) is 16.8 Å². The van der Waals surface area contributed by atoms with Gasteiger partial charge in [-0.2, -0.15) is 0 Å². The second-order valence-corrected chi connectivity index (χ2v) is 8.62. The molecule has 1 fully saturated rings. The predicted octanol–water partition coefficient (Wildman–Crippen LogP) is 3.78. The lowest BCUT2D eigenvalue weighted by Gasteiger charge is -2.26. The molecule has 3 N–H and O–H groups in total. The molecule has 0 aliphatic carbocycles. The second kappa shape index (κ2) is 10.2. The topological polar surface area (TPSA) is 90.2 Å². The lowest BCUT2D eigenvalue weighted by Crippen LogP contribution is -2.38. The van der Waals surface area contributed by atoms with Crippen molar-refractivity contribution in [1.29, 1.82) is 0 Å². The number of benzene rings is 2. The van der Waals surface area contributed by atoms with Crippen molar-refractivity contribution in [2.24, 2.45) is 0 Å². The van der Waals surface area contributed by atoms with E-state index in [1.165, 1.54) is 12.1 Å². The van der Waals surface area contributed by atoms with Crippen molar-refractivity contribution in [1.82, 2.24) is 20.2 Å². The van der Waals surface area contributed by atoms with Crippen molar-refractivity contribution in [3.05, 3.63) is 82.5 Å². The van der Waals surface area contributed by atoms with Crippen molar-refractivity contribution in [3.8, 4) is 22.4 Å². The van der Waals surface area contributed by atoms with Gasteiger partial charge in [0.1, 0.15) is 5.82 Å². The van der Waals surface area contributed by atoms with Gasteiger partial charge in [-0.1, -0.05) is 12.1 Å². The second-order valence-electron chi connectivity index (χ2n) is 8.62. The van der Waals surface area contributed by atoms with E-state index in [1.807, 2.05) is 12.1 Å². The zero-order valence-electron chi connectivity index (χ0n) is 19.3. The van der Waals surface area contributed by atoms with Gasteiger partial charge >= 0.3 is 0 Å².